The number of amides is 1. The Hall–Kier alpha value is -3.24. The first-order valence-electron chi connectivity index (χ1n) is 12.5. The van der Waals surface area contributed by atoms with Crippen LogP contribution in [0.3, 0.4) is 0 Å². The highest BCUT2D eigenvalue weighted by atomic mass is 32.1. The highest BCUT2D eigenvalue weighted by Gasteiger charge is 2.34. The van der Waals surface area contributed by atoms with Crippen LogP contribution in [0.5, 0.6) is 5.75 Å². The summed E-state index contributed by atoms with van der Waals surface area (Å²) in [5.74, 6) is 2.33. The first kappa shape index (κ1) is 24.5. The topological polar surface area (TPSA) is 86.7 Å². The van der Waals surface area contributed by atoms with Gasteiger partial charge in [0.05, 0.1) is 24.0 Å². The summed E-state index contributed by atoms with van der Waals surface area (Å²) in [6, 6.07) is 6.35. The Labute approximate surface area is 216 Å². The fourth-order valence-corrected chi connectivity index (χ4v) is 5.99. The molecule has 3 aromatic rings. The normalized spacial score (nSPS) is 16.5. The number of benzene rings is 1. The van der Waals surface area contributed by atoms with Crippen molar-refractivity contribution in [3.8, 4) is 5.75 Å². The van der Waals surface area contributed by atoms with E-state index in [4.69, 9.17) is 9.72 Å². The second kappa shape index (κ2) is 10.0. The minimum Gasteiger partial charge on any atom is -0.495 e. The zero-order chi connectivity index (χ0) is 25.4. The number of hydrogen-bond donors (Lipinski definition) is 1. The fourth-order valence-electron chi connectivity index (χ4n) is 5.02. The molecular formula is C26H33N7O2S. The number of ether oxygens (including phenoxy) is 1. The number of methoxy groups -OCH3 is 1. The van der Waals surface area contributed by atoms with Crippen LogP contribution in [0.25, 0.3) is 0 Å². The van der Waals surface area contributed by atoms with Crippen LogP contribution in [0.4, 0.5) is 28.1 Å². The summed E-state index contributed by atoms with van der Waals surface area (Å²) in [6.07, 6.45) is 4.02. The minimum atomic E-state index is -0.121. The Morgan fingerprint density at radius 1 is 1.14 bits per heavy atom. The molecule has 0 spiro atoms. The van der Waals surface area contributed by atoms with Gasteiger partial charge in [0.2, 0.25) is 5.95 Å². The van der Waals surface area contributed by atoms with Crippen LogP contribution in [0.2, 0.25) is 0 Å². The summed E-state index contributed by atoms with van der Waals surface area (Å²) in [5.41, 5.74) is 3.27. The van der Waals surface area contributed by atoms with Crippen LogP contribution in [0, 0.1) is 6.92 Å². The van der Waals surface area contributed by atoms with Gasteiger partial charge in [0.1, 0.15) is 16.4 Å². The second-order valence-corrected chi connectivity index (χ2v) is 10.4. The number of nitrogens with zero attached hydrogens (tertiary/aromatic N) is 6. The molecule has 1 aromatic carbocycles. The molecule has 9 nitrogen and oxygen atoms in total. The van der Waals surface area contributed by atoms with E-state index >= 15 is 0 Å². The van der Waals surface area contributed by atoms with Gasteiger partial charge in [0.15, 0.2) is 11.5 Å². The first-order valence-corrected chi connectivity index (χ1v) is 13.3. The van der Waals surface area contributed by atoms with Crippen LogP contribution in [0.15, 0.2) is 24.4 Å². The number of piperidine rings is 1. The van der Waals surface area contributed by atoms with Crippen LogP contribution in [0.1, 0.15) is 53.7 Å². The number of rotatable bonds is 6. The Morgan fingerprint density at radius 2 is 1.89 bits per heavy atom. The highest BCUT2D eigenvalue weighted by Crippen LogP contribution is 2.42. The molecule has 0 saturated carbocycles. The van der Waals surface area contributed by atoms with E-state index in [1.165, 1.54) is 16.9 Å². The van der Waals surface area contributed by atoms with E-state index in [-0.39, 0.29) is 5.91 Å². The number of aryl methyl sites for hydroxylation is 1. The molecule has 0 bridgehead atoms. The van der Waals surface area contributed by atoms with Gasteiger partial charge in [-0.1, -0.05) is 6.07 Å². The Morgan fingerprint density at radius 3 is 2.58 bits per heavy atom. The van der Waals surface area contributed by atoms with Gasteiger partial charge in [-0.3, -0.25) is 4.79 Å². The van der Waals surface area contributed by atoms with Gasteiger partial charge in [-0.2, -0.15) is 4.98 Å². The van der Waals surface area contributed by atoms with Gasteiger partial charge < -0.3 is 24.8 Å². The molecule has 0 atom stereocenters. The second-order valence-electron chi connectivity index (χ2n) is 9.25. The van der Waals surface area contributed by atoms with Crippen LogP contribution < -0.4 is 19.9 Å². The Bertz CT molecular complexity index is 1270. The van der Waals surface area contributed by atoms with Crippen molar-refractivity contribution in [3.05, 3.63) is 40.7 Å². The lowest BCUT2D eigenvalue weighted by atomic mass is 9.89. The predicted octanol–water partition coefficient (Wildman–Crippen LogP) is 4.94. The van der Waals surface area contributed by atoms with Crippen molar-refractivity contribution in [3.63, 3.8) is 0 Å². The average molecular weight is 508 g/mol. The molecule has 0 radical (unpaired) electrons. The van der Waals surface area contributed by atoms with Gasteiger partial charge in [0.25, 0.3) is 5.91 Å². The summed E-state index contributed by atoms with van der Waals surface area (Å²) in [7, 11) is 3.87. The third-order valence-electron chi connectivity index (χ3n) is 7.00. The van der Waals surface area contributed by atoms with Crippen molar-refractivity contribution >= 4 is 45.4 Å². The van der Waals surface area contributed by atoms with Gasteiger partial charge in [0, 0.05) is 13.1 Å². The standard InChI is InChI=1S/C26H33N7O2S/c1-6-32-20-15-27-26(30-23(20)33(7-2)25-22(24(32)34)28-16(3)36-25)29-19-9-8-18(14-21(19)35-5)17-10-12-31(4)13-11-17/h8-9,14-15,17H,6-7,10-13H2,1-5H3,(H,27,29,30). The van der Waals surface area contributed by atoms with Crippen molar-refractivity contribution in [2.45, 2.75) is 39.5 Å². The lowest BCUT2D eigenvalue weighted by molar-refractivity contribution is 0.0985. The van der Waals surface area contributed by atoms with E-state index in [9.17, 15) is 4.79 Å². The van der Waals surface area contributed by atoms with Gasteiger partial charge >= 0.3 is 0 Å². The molecule has 5 rings (SSSR count). The molecule has 10 heteroatoms. The van der Waals surface area contributed by atoms with Gasteiger partial charge in [-0.15, -0.1) is 11.3 Å². The van der Waals surface area contributed by atoms with Crippen molar-refractivity contribution in [2.24, 2.45) is 0 Å². The summed E-state index contributed by atoms with van der Waals surface area (Å²) < 4.78 is 5.74. The first-order chi connectivity index (χ1) is 17.4. The summed E-state index contributed by atoms with van der Waals surface area (Å²) in [6.45, 7) is 9.30. The van der Waals surface area contributed by atoms with Crippen LogP contribution >= 0.6 is 11.3 Å². The maximum Gasteiger partial charge on any atom is 0.280 e. The molecule has 36 heavy (non-hydrogen) atoms. The highest BCUT2D eigenvalue weighted by molar-refractivity contribution is 7.16. The van der Waals surface area contributed by atoms with Crippen LogP contribution in [-0.2, 0) is 0 Å². The fraction of sp³-hybridized carbons (Fsp3) is 0.462. The number of likely N-dealkylation sites (tertiary alicyclic amines) is 1. The number of thiazole rings is 1. The lowest BCUT2D eigenvalue weighted by Crippen LogP contribution is -2.30. The number of fused-ring (bicyclic) bond motifs is 2. The van der Waals surface area contributed by atoms with Crippen LogP contribution in [-0.4, -0.2) is 66.1 Å². The number of aromatic nitrogens is 3. The third kappa shape index (κ3) is 4.39. The van der Waals surface area contributed by atoms with E-state index in [1.807, 2.05) is 19.9 Å². The molecule has 0 unspecified atom stereocenters. The number of carbonyl (C=O) groups is 1. The average Bonchev–Trinajstić information content (AvgIpc) is 3.24. The smallest absolute Gasteiger partial charge is 0.280 e. The molecule has 4 heterocycles. The maximum atomic E-state index is 13.3. The van der Waals surface area contributed by atoms with Crippen molar-refractivity contribution < 1.29 is 9.53 Å². The van der Waals surface area contributed by atoms with E-state index in [2.05, 4.69) is 51.2 Å². The molecule has 2 aliphatic heterocycles. The number of carbonyl (C=O) groups excluding carboxylic acids is 1. The molecule has 0 aliphatic carbocycles. The number of hydrogen-bond acceptors (Lipinski definition) is 9. The quantitative estimate of drug-likeness (QED) is 0.502. The van der Waals surface area contributed by atoms with Crippen molar-refractivity contribution in [1.82, 2.24) is 19.9 Å². The zero-order valence-corrected chi connectivity index (χ0v) is 22.4. The molecule has 2 aliphatic rings. The van der Waals surface area contributed by atoms with E-state index in [0.29, 0.717) is 42.2 Å². The molecule has 1 amide bonds. The predicted molar refractivity (Wildman–Crippen MR) is 145 cm³/mol. The number of nitrogens with one attached hydrogen (secondary N) is 1. The Balaban J connectivity index is 1.48. The molecule has 1 fully saturated rings. The third-order valence-corrected chi connectivity index (χ3v) is 7.99. The Kier molecular flexibility index (Phi) is 6.81. The maximum absolute atomic E-state index is 13.3. The lowest BCUT2D eigenvalue weighted by Gasteiger charge is -2.29. The minimum absolute atomic E-state index is 0.121. The van der Waals surface area contributed by atoms with E-state index in [0.717, 1.165) is 47.4 Å². The molecule has 1 saturated heterocycles. The largest absolute Gasteiger partial charge is 0.495 e. The van der Waals surface area contributed by atoms with E-state index in [1.54, 1.807) is 18.2 Å². The van der Waals surface area contributed by atoms with Crippen molar-refractivity contribution in [2.75, 3.05) is 55.5 Å². The molecule has 190 valence electrons. The number of anilines is 5. The summed E-state index contributed by atoms with van der Waals surface area (Å²) in [5, 5.41) is 5.03. The zero-order valence-electron chi connectivity index (χ0n) is 21.5. The van der Waals surface area contributed by atoms with Gasteiger partial charge in [-0.05, 0) is 77.4 Å². The molecule has 2 aromatic heterocycles. The van der Waals surface area contributed by atoms with Crippen molar-refractivity contribution in [1.29, 1.82) is 0 Å². The SMILES string of the molecule is CCN1C(=O)c2nc(C)sc2N(CC)c2nc(Nc3ccc(C4CCN(C)CC4)cc3OC)ncc21. The van der Waals surface area contributed by atoms with E-state index < -0.39 is 0 Å². The van der Waals surface area contributed by atoms with Gasteiger partial charge in [-0.25, -0.2) is 9.97 Å². The molecular weight excluding hydrogens is 474 g/mol. The summed E-state index contributed by atoms with van der Waals surface area (Å²) in [4.78, 5) is 33.4. The molecule has 1 N–H and O–H groups in total. The summed E-state index contributed by atoms with van der Waals surface area (Å²) >= 11 is 1.51. The monoisotopic (exact) mass is 507 g/mol.